The molecule has 0 spiro atoms. The van der Waals surface area contributed by atoms with E-state index in [-0.39, 0.29) is 17.4 Å². The lowest BCUT2D eigenvalue weighted by Crippen LogP contribution is -2.22. The minimum atomic E-state index is -0.0814. The Hall–Kier alpha value is -1.00. The second-order valence-electron chi connectivity index (χ2n) is 6.03. The van der Waals surface area contributed by atoms with Crippen LogP contribution in [-0.4, -0.2) is 24.1 Å². The molecule has 0 aromatic heterocycles. The van der Waals surface area contributed by atoms with E-state index in [0.717, 1.165) is 25.0 Å². The zero-order chi connectivity index (χ0) is 14.2. The van der Waals surface area contributed by atoms with E-state index in [4.69, 9.17) is 10.5 Å². The van der Waals surface area contributed by atoms with E-state index in [9.17, 15) is 4.79 Å². The molecule has 0 amide bonds. The Balaban J connectivity index is 1.57. The first-order chi connectivity index (χ1) is 9.63. The fourth-order valence-electron chi connectivity index (χ4n) is 2.96. The van der Waals surface area contributed by atoms with E-state index < -0.39 is 0 Å². The lowest BCUT2D eigenvalue weighted by molar-refractivity contribution is -0.141. The first-order valence-corrected chi connectivity index (χ1v) is 8.20. The van der Waals surface area contributed by atoms with Crippen molar-refractivity contribution in [3.8, 4) is 0 Å². The van der Waals surface area contributed by atoms with Crippen LogP contribution >= 0.6 is 11.8 Å². The molecular formula is C16H21NO2S. The molecule has 1 fully saturated rings. The minimum Gasteiger partial charge on any atom is -0.469 e. The number of benzene rings is 1. The molecule has 1 aromatic rings. The average molecular weight is 291 g/mol. The average Bonchev–Trinajstić information content (AvgIpc) is 3.15. The molecule has 108 valence electrons. The lowest BCUT2D eigenvalue weighted by atomic mass is 10.1. The Morgan fingerprint density at radius 3 is 2.85 bits per heavy atom. The smallest absolute Gasteiger partial charge is 0.306 e. The number of carbonyl (C=O) groups excluding carboxylic acids is 1. The quantitative estimate of drug-likeness (QED) is 0.848. The van der Waals surface area contributed by atoms with Crippen molar-refractivity contribution < 1.29 is 9.53 Å². The third kappa shape index (κ3) is 2.72. The minimum absolute atomic E-state index is 0.0814. The van der Waals surface area contributed by atoms with E-state index in [1.807, 2.05) is 11.8 Å². The number of hydrogen-bond donors (Lipinski definition) is 1. The number of methoxy groups -OCH3 is 1. The van der Waals surface area contributed by atoms with Gasteiger partial charge in [0.25, 0.3) is 0 Å². The van der Waals surface area contributed by atoms with Crippen molar-refractivity contribution in [2.24, 2.45) is 11.1 Å². The number of ether oxygens (including phenoxy) is 1. The van der Waals surface area contributed by atoms with E-state index in [0.29, 0.717) is 11.7 Å². The fourth-order valence-corrected chi connectivity index (χ4v) is 4.57. The van der Waals surface area contributed by atoms with Gasteiger partial charge in [0.05, 0.1) is 13.5 Å². The lowest BCUT2D eigenvalue weighted by Gasteiger charge is -2.19. The molecule has 0 aliphatic heterocycles. The van der Waals surface area contributed by atoms with Gasteiger partial charge in [0.2, 0.25) is 0 Å². The van der Waals surface area contributed by atoms with Crippen molar-refractivity contribution in [1.29, 1.82) is 0 Å². The molecule has 0 saturated heterocycles. The molecule has 1 saturated carbocycles. The Morgan fingerprint density at radius 1 is 1.45 bits per heavy atom. The number of rotatable bonds is 5. The van der Waals surface area contributed by atoms with Crippen molar-refractivity contribution in [2.75, 3.05) is 12.9 Å². The van der Waals surface area contributed by atoms with Crippen molar-refractivity contribution in [3.05, 3.63) is 35.4 Å². The van der Waals surface area contributed by atoms with E-state index >= 15 is 0 Å². The van der Waals surface area contributed by atoms with Crippen LogP contribution in [-0.2, 0) is 16.0 Å². The Kier molecular flexibility index (Phi) is 3.78. The summed E-state index contributed by atoms with van der Waals surface area (Å²) in [5, 5.41) is 0.447. The summed E-state index contributed by atoms with van der Waals surface area (Å²) in [6.07, 6.45) is 3.90. The molecule has 2 aliphatic rings. The van der Waals surface area contributed by atoms with Gasteiger partial charge in [-0.1, -0.05) is 24.3 Å². The normalized spacial score (nSPS) is 26.1. The topological polar surface area (TPSA) is 52.3 Å². The third-order valence-corrected chi connectivity index (χ3v) is 6.21. The van der Waals surface area contributed by atoms with E-state index in [2.05, 4.69) is 24.3 Å². The van der Waals surface area contributed by atoms with Crippen molar-refractivity contribution >= 4 is 17.7 Å². The van der Waals surface area contributed by atoms with Gasteiger partial charge < -0.3 is 10.5 Å². The fraction of sp³-hybridized carbons (Fsp3) is 0.562. The van der Waals surface area contributed by atoms with Crippen LogP contribution in [0.5, 0.6) is 0 Å². The van der Waals surface area contributed by atoms with Gasteiger partial charge in [-0.2, -0.15) is 11.8 Å². The molecule has 1 aromatic carbocycles. The van der Waals surface area contributed by atoms with Crippen molar-refractivity contribution in [3.63, 3.8) is 0 Å². The zero-order valence-electron chi connectivity index (χ0n) is 11.8. The first-order valence-electron chi connectivity index (χ1n) is 7.15. The molecule has 2 N–H and O–H groups in total. The Bertz CT molecular complexity index is 513. The zero-order valence-corrected chi connectivity index (χ0v) is 12.6. The number of nitrogens with two attached hydrogens (primary N) is 1. The summed E-state index contributed by atoms with van der Waals surface area (Å²) < 4.78 is 4.80. The largest absolute Gasteiger partial charge is 0.469 e. The summed E-state index contributed by atoms with van der Waals surface area (Å²) in [5.74, 6) is 0.941. The summed E-state index contributed by atoms with van der Waals surface area (Å²) in [7, 11) is 1.47. The van der Waals surface area contributed by atoms with Crippen LogP contribution in [0, 0.1) is 5.41 Å². The molecule has 0 bridgehead atoms. The molecule has 3 nitrogen and oxygen atoms in total. The van der Waals surface area contributed by atoms with Gasteiger partial charge in [0.1, 0.15) is 0 Å². The summed E-state index contributed by atoms with van der Waals surface area (Å²) in [4.78, 5) is 11.5. The van der Waals surface area contributed by atoms with Crippen LogP contribution in [0.15, 0.2) is 24.3 Å². The van der Waals surface area contributed by atoms with Gasteiger partial charge in [-0.3, -0.25) is 4.79 Å². The molecule has 0 heterocycles. The highest BCUT2D eigenvalue weighted by Gasteiger charge is 2.45. The molecule has 3 rings (SSSR count). The van der Waals surface area contributed by atoms with Crippen LogP contribution in [0.1, 0.15) is 36.4 Å². The maximum absolute atomic E-state index is 11.5. The summed E-state index contributed by atoms with van der Waals surface area (Å²) in [6.45, 7) is 0. The van der Waals surface area contributed by atoms with Crippen LogP contribution in [0.2, 0.25) is 0 Å². The third-order valence-electron chi connectivity index (χ3n) is 4.54. The maximum atomic E-state index is 11.5. The highest BCUT2D eigenvalue weighted by Crippen LogP contribution is 2.53. The van der Waals surface area contributed by atoms with Crippen molar-refractivity contribution in [2.45, 2.75) is 37.0 Å². The summed E-state index contributed by atoms with van der Waals surface area (Å²) in [5.41, 5.74) is 9.22. The summed E-state index contributed by atoms with van der Waals surface area (Å²) in [6, 6.07) is 8.59. The Morgan fingerprint density at radius 2 is 2.20 bits per heavy atom. The monoisotopic (exact) mass is 291 g/mol. The van der Waals surface area contributed by atoms with E-state index in [1.165, 1.54) is 18.2 Å². The van der Waals surface area contributed by atoms with Crippen LogP contribution in [0.3, 0.4) is 0 Å². The van der Waals surface area contributed by atoms with Gasteiger partial charge in [0.15, 0.2) is 0 Å². The number of fused-ring (bicyclic) bond motifs is 1. The Labute approximate surface area is 124 Å². The SMILES string of the molecule is COC(=O)CC1(CSC2Cc3ccccc3C2N)CC1. The van der Waals surface area contributed by atoms with Crippen LogP contribution < -0.4 is 5.73 Å². The van der Waals surface area contributed by atoms with Crippen LogP contribution in [0.4, 0.5) is 0 Å². The van der Waals surface area contributed by atoms with Gasteiger partial charge >= 0.3 is 5.97 Å². The predicted octanol–water partition coefficient (Wildman–Crippen LogP) is 2.69. The highest BCUT2D eigenvalue weighted by molar-refractivity contribution is 8.00. The second-order valence-corrected chi connectivity index (χ2v) is 7.26. The number of hydrogen-bond acceptors (Lipinski definition) is 4. The van der Waals surface area contributed by atoms with Gasteiger partial charge in [-0.15, -0.1) is 0 Å². The van der Waals surface area contributed by atoms with Gasteiger partial charge in [0, 0.05) is 11.3 Å². The second kappa shape index (κ2) is 5.41. The summed E-state index contributed by atoms with van der Waals surface area (Å²) >= 11 is 1.94. The number of thioether (sulfide) groups is 1. The van der Waals surface area contributed by atoms with E-state index in [1.54, 1.807) is 0 Å². The number of esters is 1. The standard InChI is InChI=1S/C16H21NO2S/c1-19-14(18)9-16(6-7-16)10-20-13-8-11-4-2-3-5-12(11)15(13)17/h2-5,13,15H,6-10,17H2,1H3. The molecule has 2 atom stereocenters. The number of carbonyl (C=O) groups is 1. The first kappa shape index (κ1) is 14.0. The molecule has 2 aliphatic carbocycles. The van der Waals surface area contributed by atoms with Crippen LogP contribution in [0.25, 0.3) is 0 Å². The van der Waals surface area contributed by atoms with Gasteiger partial charge in [-0.05, 0) is 41.6 Å². The van der Waals surface area contributed by atoms with Crippen molar-refractivity contribution in [1.82, 2.24) is 0 Å². The molecule has 2 unspecified atom stereocenters. The van der Waals surface area contributed by atoms with Gasteiger partial charge in [-0.25, -0.2) is 0 Å². The maximum Gasteiger partial charge on any atom is 0.306 e. The highest BCUT2D eigenvalue weighted by atomic mass is 32.2. The molecule has 20 heavy (non-hydrogen) atoms. The predicted molar refractivity (Wildman–Crippen MR) is 81.6 cm³/mol. The molecular weight excluding hydrogens is 270 g/mol. The molecule has 4 heteroatoms. The molecule has 0 radical (unpaired) electrons.